The molecule has 3 atom stereocenters. The Labute approximate surface area is 126 Å². The van der Waals surface area contributed by atoms with Crippen LogP contribution < -0.4 is 0 Å². The van der Waals surface area contributed by atoms with E-state index in [2.05, 4.69) is 20.8 Å². The Kier molecular flexibility index (Phi) is 4.91. The largest absolute Gasteiger partial charge is 0.479 e. The number of ether oxygens (including phenoxy) is 1. The molecule has 1 aliphatic heterocycles. The quantitative estimate of drug-likeness (QED) is 0.867. The van der Waals surface area contributed by atoms with E-state index in [0.717, 1.165) is 12.8 Å². The summed E-state index contributed by atoms with van der Waals surface area (Å²) in [7, 11) is 0. The summed E-state index contributed by atoms with van der Waals surface area (Å²) in [4.78, 5) is 25.1. The van der Waals surface area contributed by atoms with Crippen molar-refractivity contribution in [2.75, 3.05) is 19.7 Å². The van der Waals surface area contributed by atoms with Crippen molar-refractivity contribution in [1.82, 2.24) is 4.90 Å². The lowest BCUT2D eigenvalue weighted by atomic mass is 9.67. The molecule has 1 saturated carbocycles. The van der Waals surface area contributed by atoms with Gasteiger partial charge in [-0.05, 0) is 36.5 Å². The number of carbonyl (C=O) groups excluding carboxylic acids is 1. The Balaban J connectivity index is 1.90. The Morgan fingerprint density at radius 3 is 2.67 bits per heavy atom. The fourth-order valence-corrected chi connectivity index (χ4v) is 4.10. The third-order valence-electron chi connectivity index (χ3n) is 4.64. The van der Waals surface area contributed by atoms with E-state index < -0.39 is 12.1 Å². The second-order valence-electron chi connectivity index (χ2n) is 7.52. The van der Waals surface area contributed by atoms with Crippen LogP contribution in [0.5, 0.6) is 0 Å². The van der Waals surface area contributed by atoms with Crippen LogP contribution in [0.25, 0.3) is 0 Å². The van der Waals surface area contributed by atoms with E-state index in [4.69, 9.17) is 9.84 Å². The van der Waals surface area contributed by atoms with Gasteiger partial charge in [-0.15, -0.1) is 0 Å². The molecular weight excluding hydrogens is 270 g/mol. The van der Waals surface area contributed by atoms with Crippen LogP contribution in [-0.4, -0.2) is 47.7 Å². The van der Waals surface area contributed by atoms with Crippen LogP contribution >= 0.6 is 0 Å². The van der Waals surface area contributed by atoms with Gasteiger partial charge in [-0.25, -0.2) is 4.79 Å². The van der Waals surface area contributed by atoms with Crippen LogP contribution in [0.1, 0.15) is 46.5 Å². The zero-order chi connectivity index (χ0) is 15.6. The molecule has 0 aromatic heterocycles. The van der Waals surface area contributed by atoms with Crippen LogP contribution in [0.2, 0.25) is 0 Å². The lowest BCUT2D eigenvalue weighted by molar-refractivity contribution is -0.159. The monoisotopic (exact) mass is 297 g/mol. The average molecular weight is 297 g/mol. The van der Waals surface area contributed by atoms with E-state index in [1.165, 1.54) is 6.42 Å². The number of nitrogens with zero attached hydrogens (tertiary/aromatic N) is 1. The minimum atomic E-state index is -0.986. The van der Waals surface area contributed by atoms with Crippen LogP contribution in [0.3, 0.4) is 0 Å². The number of hydrogen-bond acceptors (Lipinski definition) is 3. The molecule has 1 amide bonds. The third-order valence-corrected chi connectivity index (χ3v) is 4.64. The van der Waals surface area contributed by atoms with Gasteiger partial charge in [0.1, 0.15) is 0 Å². The van der Waals surface area contributed by atoms with Gasteiger partial charge in [-0.1, -0.05) is 20.8 Å². The number of carboxylic acid groups (broad SMARTS) is 1. The molecule has 2 fully saturated rings. The smallest absolute Gasteiger partial charge is 0.334 e. The van der Waals surface area contributed by atoms with E-state index in [1.807, 2.05) is 0 Å². The first-order valence-electron chi connectivity index (χ1n) is 7.89. The summed E-state index contributed by atoms with van der Waals surface area (Å²) in [5, 5.41) is 9.00. The van der Waals surface area contributed by atoms with Crippen LogP contribution in [0, 0.1) is 17.3 Å². The van der Waals surface area contributed by atoms with Crippen LogP contribution in [0.15, 0.2) is 0 Å². The summed E-state index contributed by atoms with van der Waals surface area (Å²) in [5.74, 6) is 0.171. The molecule has 1 aliphatic carbocycles. The van der Waals surface area contributed by atoms with Crippen molar-refractivity contribution in [2.45, 2.75) is 52.6 Å². The molecule has 0 bridgehead atoms. The third kappa shape index (κ3) is 4.43. The molecule has 1 saturated heterocycles. The fraction of sp³-hybridized carbons (Fsp3) is 0.875. The predicted molar refractivity (Wildman–Crippen MR) is 78.9 cm³/mol. The Bertz CT molecular complexity index is 407. The molecule has 0 aromatic rings. The summed E-state index contributed by atoms with van der Waals surface area (Å²) in [5.41, 5.74) is 0.303. The molecule has 0 radical (unpaired) electrons. The normalized spacial score (nSPS) is 32.7. The summed E-state index contributed by atoms with van der Waals surface area (Å²) < 4.78 is 5.17. The Hall–Kier alpha value is -1.10. The molecule has 120 valence electrons. The van der Waals surface area contributed by atoms with Gasteiger partial charge in [0.05, 0.1) is 13.2 Å². The second kappa shape index (κ2) is 6.34. The highest BCUT2D eigenvalue weighted by Gasteiger charge is 2.35. The summed E-state index contributed by atoms with van der Waals surface area (Å²) in [6, 6.07) is 0. The number of aliphatic carboxylic acids is 1. The maximum atomic E-state index is 12.4. The van der Waals surface area contributed by atoms with Crippen molar-refractivity contribution in [3.05, 3.63) is 0 Å². The Morgan fingerprint density at radius 1 is 1.33 bits per heavy atom. The number of carbonyl (C=O) groups is 2. The van der Waals surface area contributed by atoms with E-state index in [1.54, 1.807) is 4.90 Å². The number of amides is 1. The van der Waals surface area contributed by atoms with Gasteiger partial charge in [0.2, 0.25) is 5.91 Å². The first-order valence-corrected chi connectivity index (χ1v) is 7.89. The zero-order valence-corrected chi connectivity index (χ0v) is 13.3. The van der Waals surface area contributed by atoms with E-state index in [9.17, 15) is 9.59 Å². The van der Waals surface area contributed by atoms with Gasteiger partial charge in [-0.2, -0.15) is 0 Å². The fourth-order valence-electron chi connectivity index (χ4n) is 4.10. The minimum absolute atomic E-state index is 0.0828. The summed E-state index contributed by atoms with van der Waals surface area (Å²) in [6.45, 7) is 7.81. The van der Waals surface area contributed by atoms with Crippen LogP contribution in [0.4, 0.5) is 0 Å². The summed E-state index contributed by atoms with van der Waals surface area (Å²) in [6.07, 6.45) is 3.07. The van der Waals surface area contributed by atoms with Gasteiger partial charge >= 0.3 is 5.97 Å². The first-order chi connectivity index (χ1) is 9.77. The topological polar surface area (TPSA) is 66.8 Å². The zero-order valence-electron chi connectivity index (χ0n) is 13.3. The van der Waals surface area contributed by atoms with Gasteiger partial charge < -0.3 is 14.7 Å². The molecule has 0 spiro atoms. The molecule has 0 aromatic carbocycles. The molecule has 2 aliphatic rings. The minimum Gasteiger partial charge on any atom is -0.479 e. The molecule has 3 unspecified atom stereocenters. The van der Waals surface area contributed by atoms with E-state index in [-0.39, 0.29) is 12.5 Å². The van der Waals surface area contributed by atoms with Crippen molar-refractivity contribution in [3.63, 3.8) is 0 Å². The number of morpholine rings is 1. The van der Waals surface area contributed by atoms with Gasteiger partial charge in [0, 0.05) is 13.0 Å². The van der Waals surface area contributed by atoms with E-state index >= 15 is 0 Å². The van der Waals surface area contributed by atoms with Gasteiger partial charge in [-0.3, -0.25) is 4.79 Å². The number of hydrogen-bond donors (Lipinski definition) is 1. The van der Waals surface area contributed by atoms with Crippen molar-refractivity contribution in [2.24, 2.45) is 17.3 Å². The standard InChI is InChI=1S/C16H27NO4/c1-11-6-12(9-16(2,3)8-11)7-14(18)17-4-5-21-13(10-17)15(19)20/h11-13H,4-10H2,1-3H3,(H,19,20). The molecule has 21 heavy (non-hydrogen) atoms. The average Bonchev–Trinajstić information content (AvgIpc) is 2.36. The highest BCUT2D eigenvalue weighted by Crippen LogP contribution is 2.42. The predicted octanol–water partition coefficient (Wildman–Crippen LogP) is 2.15. The van der Waals surface area contributed by atoms with E-state index in [0.29, 0.717) is 36.8 Å². The maximum Gasteiger partial charge on any atom is 0.334 e. The molecule has 1 N–H and O–H groups in total. The van der Waals surface area contributed by atoms with Gasteiger partial charge in [0.15, 0.2) is 6.10 Å². The highest BCUT2D eigenvalue weighted by atomic mass is 16.5. The molecular formula is C16H27NO4. The van der Waals surface area contributed by atoms with Crippen molar-refractivity contribution >= 4 is 11.9 Å². The molecule has 5 heteroatoms. The SMILES string of the molecule is CC1CC(CC(=O)N2CCOC(C(=O)O)C2)CC(C)(C)C1. The maximum absolute atomic E-state index is 12.4. The van der Waals surface area contributed by atoms with Crippen LogP contribution in [-0.2, 0) is 14.3 Å². The Morgan fingerprint density at radius 2 is 2.05 bits per heavy atom. The summed E-state index contributed by atoms with van der Waals surface area (Å²) >= 11 is 0. The van der Waals surface area contributed by atoms with Crippen molar-refractivity contribution in [3.8, 4) is 0 Å². The van der Waals surface area contributed by atoms with Crippen molar-refractivity contribution < 1.29 is 19.4 Å². The second-order valence-corrected chi connectivity index (χ2v) is 7.52. The molecule has 1 heterocycles. The molecule has 2 rings (SSSR count). The number of rotatable bonds is 3. The molecule has 5 nitrogen and oxygen atoms in total. The first kappa shape index (κ1) is 16.3. The van der Waals surface area contributed by atoms with Gasteiger partial charge in [0.25, 0.3) is 0 Å². The van der Waals surface area contributed by atoms with Crippen molar-refractivity contribution in [1.29, 1.82) is 0 Å². The number of carboxylic acids is 1. The lowest BCUT2D eigenvalue weighted by Gasteiger charge is -2.40. The lowest BCUT2D eigenvalue weighted by Crippen LogP contribution is -2.49. The highest BCUT2D eigenvalue weighted by molar-refractivity contribution is 5.78.